The monoisotopic (exact) mass is 435 g/mol. The minimum atomic E-state index is -0.266. The van der Waals surface area contributed by atoms with Gasteiger partial charge in [0.2, 0.25) is 0 Å². The first-order valence-corrected chi connectivity index (χ1v) is 10.5. The molecule has 5 nitrogen and oxygen atoms in total. The molecule has 0 unspecified atom stereocenters. The van der Waals surface area contributed by atoms with E-state index < -0.39 is 0 Å². The van der Waals surface area contributed by atoms with Crippen LogP contribution < -0.4 is 19.5 Å². The van der Waals surface area contributed by atoms with Gasteiger partial charge in [-0.3, -0.25) is 4.79 Å². The molecule has 0 saturated carbocycles. The highest BCUT2D eigenvalue weighted by molar-refractivity contribution is 8.05. The van der Waals surface area contributed by atoms with Crippen molar-refractivity contribution in [1.29, 1.82) is 0 Å². The fourth-order valence-corrected chi connectivity index (χ4v) is 3.70. The van der Waals surface area contributed by atoms with Gasteiger partial charge in [0.05, 0.1) is 31.9 Å². The smallest absolute Gasteiger partial charge is 0.259 e. The molecule has 0 radical (unpaired) electrons. The van der Waals surface area contributed by atoms with E-state index in [1.165, 1.54) is 11.8 Å². The van der Waals surface area contributed by atoms with E-state index in [0.29, 0.717) is 27.8 Å². The summed E-state index contributed by atoms with van der Waals surface area (Å²) in [5.74, 6) is 1.59. The molecule has 31 heavy (non-hydrogen) atoms. The predicted octanol–water partition coefficient (Wildman–Crippen LogP) is 5.86. The van der Waals surface area contributed by atoms with Crippen molar-refractivity contribution < 1.29 is 19.0 Å². The van der Waals surface area contributed by atoms with Crippen molar-refractivity contribution in [2.45, 2.75) is 6.92 Å². The van der Waals surface area contributed by atoms with E-state index in [1.54, 1.807) is 21.3 Å². The highest BCUT2D eigenvalue weighted by Crippen LogP contribution is 2.32. The number of carbonyl (C=O) groups is 1. The van der Waals surface area contributed by atoms with E-state index in [2.05, 4.69) is 11.9 Å². The Kier molecular flexibility index (Phi) is 7.26. The summed E-state index contributed by atoms with van der Waals surface area (Å²) >= 11 is 1.34. The molecule has 0 bridgehead atoms. The highest BCUT2D eigenvalue weighted by Gasteiger charge is 2.14. The van der Waals surface area contributed by atoms with E-state index in [4.69, 9.17) is 14.2 Å². The fourth-order valence-electron chi connectivity index (χ4n) is 3.10. The third-order valence-electron chi connectivity index (χ3n) is 4.78. The predicted molar refractivity (Wildman–Crippen MR) is 128 cm³/mol. The van der Waals surface area contributed by atoms with Crippen LogP contribution in [0.3, 0.4) is 0 Å². The maximum absolute atomic E-state index is 12.8. The Labute approximate surface area is 186 Å². The van der Waals surface area contributed by atoms with Gasteiger partial charge in [-0.25, -0.2) is 0 Å². The number of allylic oxidation sites excluding steroid dienone is 1. The Morgan fingerprint density at radius 3 is 2.19 bits per heavy atom. The van der Waals surface area contributed by atoms with E-state index in [-0.39, 0.29) is 5.91 Å². The van der Waals surface area contributed by atoms with Gasteiger partial charge in [0, 0.05) is 0 Å². The first-order valence-electron chi connectivity index (χ1n) is 9.59. The molecule has 0 fully saturated rings. The fraction of sp³-hybridized carbons (Fsp3) is 0.160. The zero-order valence-electron chi connectivity index (χ0n) is 18.0. The van der Waals surface area contributed by atoms with Crippen molar-refractivity contribution in [3.8, 4) is 17.2 Å². The zero-order chi connectivity index (χ0) is 22.4. The number of nitrogens with one attached hydrogen (secondary N) is 1. The third-order valence-corrected chi connectivity index (χ3v) is 5.64. The number of hydrogen-bond donors (Lipinski definition) is 1. The van der Waals surface area contributed by atoms with Crippen molar-refractivity contribution in [3.63, 3.8) is 0 Å². The number of benzene rings is 3. The first kappa shape index (κ1) is 22.3. The molecule has 0 heterocycles. The van der Waals surface area contributed by atoms with Crippen LogP contribution in [0.1, 0.15) is 22.8 Å². The summed E-state index contributed by atoms with van der Waals surface area (Å²) in [6, 6.07) is 17.2. The Hall–Kier alpha value is -3.38. The van der Waals surface area contributed by atoms with Crippen LogP contribution in [-0.2, 0) is 0 Å². The number of amides is 1. The molecule has 3 rings (SSSR count). The van der Waals surface area contributed by atoms with Crippen LogP contribution in [0.4, 0.5) is 0 Å². The molecule has 0 aliphatic rings. The molecule has 6 heteroatoms. The second-order valence-electron chi connectivity index (χ2n) is 6.77. The Bertz CT molecular complexity index is 1150. The minimum absolute atomic E-state index is 0.266. The molecule has 1 amide bonds. The van der Waals surface area contributed by atoms with E-state index >= 15 is 0 Å². The summed E-state index contributed by atoms with van der Waals surface area (Å²) in [6.45, 7) is 5.95. The highest BCUT2D eigenvalue weighted by atomic mass is 32.2. The summed E-state index contributed by atoms with van der Waals surface area (Å²) in [7, 11) is 4.76. The van der Waals surface area contributed by atoms with Crippen LogP contribution in [0, 0.1) is 0 Å². The summed E-state index contributed by atoms with van der Waals surface area (Å²) < 4.78 is 16.1. The number of fused-ring (bicyclic) bond motifs is 1. The second-order valence-corrected chi connectivity index (χ2v) is 7.73. The summed E-state index contributed by atoms with van der Waals surface area (Å²) in [6.07, 6.45) is 0. The molecule has 0 aliphatic carbocycles. The van der Waals surface area contributed by atoms with Crippen molar-refractivity contribution in [3.05, 3.63) is 82.7 Å². The van der Waals surface area contributed by atoms with Gasteiger partial charge in [-0.1, -0.05) is 48.7 Å². The lowest BCUT2D eigenvalue weighted by Crippen LogP contribution is -2.21. The van der Waals surface area contributed by atoms with Crippen molar-refractivity contribution in [2.75, 3.05) is 21.3 Å². The van der Waals surface area contributed by atoms with Gasteiger partial charge >= 0.3 is 0 Å². The SMILES string of the molecule is C=C(NC(=O)c1cc2ccccc2cc1OC)S/C=C(\C)c1ccc(OC)c(OC)c1. The number of rotatable bonds is 8. The lowest BCUT2D eigenvalue weighted by Gasteiger charge is -2.12. The van der Waals surface area contributed by atoms with Gasteiger partial charge in [-0.05, 0) is 58.5 Å². The zero-order valence-corrected chi connectivity index (χ0v) is 18.8. The van der Waals surface area contributed by atoms with Gasteiger partial charge in [-0.15, -0.1) is 0 Å². The summed E-state index contributed by atoms with van der Waals surface area (Å²) in [5, 5.41) is 7.27. The van der Waals surface area contributed by atoms with Crippen molar-refractivity contribution >= 4 is 34.0 Å². The van der Waals surface area contributed by atoms with Gasteiger partial charge in [-0.2, -0.15) is 0 Å². The number of hydrogen-bond acceptors (Lipinski definition) is 5. The Morgan fingerprint density at radius 2 is 1.55 bits per heavy atom. The largest absolute Gasteiger partial charge is 0.496 e. The van der Waals surface area contributed by atoms with Gasteiger partial charge < -0.3 is 19.5 Å². The second kappa shape index (κ2) is 10.1. The van der Waals surface area contributed by atoms with Gasteiger partial charge in [0.1, 0.15) is 5.75 Å². The normalized spacial score (nSPS) is 11.2. The van der Waals surface area contributed by atoms with Crippen LogP contribution in [0.25, 0.3) is 16.3 Å². The molecule has 3 aromatic rings. The molecule has 1 N–H and O–H groups in total. The molecule has 160 valence electrons. The molecule has 0 atom stereocenters. The molecule has 3 aromatic carbocycles. The number of methoxy groups -OCH3 is 3. The summed E-state index contributed by atoms with van der Waals surface area (Å²) in [5.41, 5.74) is 2.45. The lowest BCUT2D eigenvalue weighted by atomic mass is 10.1. The Balaban J connectivity index is 1.72. The topological polar surface area (TPSA) is 56.8 Å². The molecule has 0 aliphatic heterocycles. The van der Waals surface area contributed by atoms with Crippen LogP contribution in [0.2, 0.25) is 0 Å². The molecule has 0 saturated heterocycles. The summed E-state index contributed by atoms with van der Waals surface area (Å²) in [4.78, 5) is 12.8. The van der Waals surface area contributed by atoms with Crippen LogP contribution in [0.5, 0.6) is 17.2 Å². The van der Waals surface area contributed by atoms with Gasteiger partial charge in [0.25, 0.3) is 5.91 Å². The minimum Gasteiger partial charge on any atom is -0.496 e. The first-order chi connectivity index (χ1) is 15.0. The maximum atomic E-state index is 12.8. The van der Waals surface area contributed by atoms with Crippen LogP contribution >= 0.6 is 11.8 Å². The van der Waals surface area contributed by atoms with Crippen molar-refractivity contribution in [1.82, 2.24) is 5.32 Å². The van der Waals surface area contributed by atoms with Gasteiger partial charge in [0.15, 0.2) is 11.5 Å². The average Bonchev–Trinajstić information content (AvgIpc) is 2.80. The molecular weight excluding hydrogens is 410 g/mol. The standard InChI is InChI=1S/C25H25NO4S/c1-16(18-10-11-22(28-3)24(13-18)30-5)15-31-17(2)26-25(27)21-12-19-8-6-7-9-20(19)14-23(21)29-4/h6-15H,2H2,1,3-5H3,(H,26,27)/b16-15+. The van der Waals surface area contributed by atoms with E-state index in [1.807, 2.05) is 66.9 Å². The average molecular weight is 436 g/mol. The van der Waals surface area contributed by atoms with Crippen LogP contribution in [0.15, 0.2) is 71.6 Å². The maximum Gasteiger partial charge on any atom is 0.259 e. The third kappa shape index (κ3) is 5.22. The van der Waals surface area contributed by atoms with E-state index in [9.17, 15) is 4.79 Å². The van der Waals surface area contributed by atoms with Crippen molar-refractivity contribution in [2.24, 2.45) is 0 Å². The number of ether oxygens (including phenoxy) is 3. The Morgan fingerprint density at radius 1 is 0.903 bits per heavy atom. The molecule has 0 spiro atoms. The van der Waals surface area contributed by atoms with Crippen LogP contribution in [-0.4, -0.2) is 27.2 Å². The number of carbonyl (C=O) groups excluding carboxylic acids is 1. The molecule has 0 aromatic heterocycles. The molecular formula is C25H25NO4S. The number of thioether (sulfide) groups is 1. The van der Waals surface area contributed by atoms with E-state index in [0.717, 1.165) is 21.9 Å². The quantitative estimate of drug-likeness (QED) is 0.480. The lowest BCUT2D eigenvalue weighted by molar-refractivity contribution is 0.0966.